The fourth-order valence-corrected chi connectivity index (χ4v) is 2.08. The smallest absolute Gasteiger partial charge is 0.241 e. The van der Waals surface area contributed by atoms with Crippen molar-refractivity contribution in [2.75, 3.05) is 31.6 Å². The Morgan fingerprint density at radius 1 is 1.30 bits per heavy atom. The second-order valence-corrected chi connectivity index (χ2v) is 5.52. The molecule has 1 aliphatic rings. The number of nitrogens with one attached hydrogen (secondary N) is 1. The maximum absolute atomic E-state index is 11.9. The number of hydrogen-bond acceptors (Lipinski definition) is 5. The lowest BCUT2D eigenvalue weighted by molar-refractivity contribution is -0.127. The van der Waals surface area contributed by atoms with Crippen molar-refractivity contribution in [3.05, 3.63) is 18.0 Å². The van der Waals surface area contributed by atoms with Crippen molar-refractivity contribution in [2.45, 2.75) is 32.9 Å². The SMILES string of the molecule is CC(C)NCc1cnc(N2CCCN(C)C(=O)C2)nc1. The Bertz CT molecular complexity index is 445. The Hall–Kier alpha value is -1.69. The standard InChI is InChI=1S/C14H23N5O/c1-11(2)15-7-12-8-16-14(17-9-12)19-6-4-5-18(3)13(20)10-19/h8-9,11,15H,4-7,10H2,1-3H3. The fourth-order valence-electron chi connectivity index (χ4n) is 2.08. The molecule has 6 nitrogen and oxygen atoms in total. The molecule has 0 saturated carbocycles. The lowest BCUT2D eigenvalue weighted by atomic mass is 10.3. The molecule has 6 heteroatoms. The zero-order valence-electron chi connectivity index (χ0n) is 12.5. The summed E-state index contributed by atoms with van der Waals surface area (Å²) in [5.41, 5.74) is 1.06. The second kappa shape index (κ2) is 6.65. The predicted molar refractivity (Wildman–Crippen MR) is 78.5 cm³/mol. The van der Waals surface area contributed by atoms with Gasteiger partial charge < -0.3 is 15.1 Å². The number of anilines is 1. The van der Waals surface area contributed by atoms with Gasteiger partial charge >= 0.3 is 0 Å². The Morgan fingerprint density at radius 3 is 2.65 bits per heavy atom. The number of carbonyl (C=O) groups excluding carboxylic acids is 1. The minimum Gasteiger partial charge on any atom is -0.344 e. The minimum absolute atomic E-state index is 0.122. The van der Waals surface area contributed by atoms with Gasteiger partial charge in [-0.1, -0.05) is 13.8 Å². The van der Waals surface area contributed by atoms with Crippen molar-refractivity contribution in [1.82, 2.24) is 20.2 Å². The third-order valence-corrected chi connectivity index (χ3v) is 3.36. The number of likely N-dealkylation sites (N-methyl/N-ethyl adjacent to an activating group) is 1. The predicted octanol–water partition coefficient (Wildman–Crippen LogP) is 0.643. The van der Waals surface area contributed by atoms with Gasteiger partial charge in [0, 0.05) is 50.7 Å². The van der Waals surface area contributed by atoms with E-state index in [9.17, 15) is 4.79 Å². The summed E-state index contributed by atoms with van der Waals surface area (Å²) in [6.07, 6.45) is 4.61. The number of rotatable bonds is 4. The molecule has 1 aromatic rings. The summed E-state index contributed by atoms with van der Waals surface area (Å²) in [5, 5.41) is 3.33. The topological polar surface area (TPSA) is 61.4 Å². The quantitative estimate of drug-likeness (QED) is 0.875. The zero-order valence-corrected chi connectivity index (χ0v) is 12.5. The van der Waals surface area contributed by atoms with E-state index in [2.05, 4.69) is 29.1 Å². The van der Waals surface area contributed by atoms with E-state index in [1.165, 1.54) is 0 Å². The van der Waals surface area contributed by atoms with Crippen molar-refractivity contribution in [3.8, 4) is 0 Å². The summed E-state index contributed by atoms with van der Waals surface area (Å²) < 4.78 is 0. The van der Waals surface area contributed by atoms with E-state index >= 15 is 0 Å². The van der Waals surface area contributed by atoms with Gasteiger partial charge in [0.15, 0.2) is 0 Å². The highest BCUT2D eigenvalue weighted by Crippen LogP contribution is 2.11. The summed E-state index contributed by atoms with van der Waals surface area (Å²) in [6.45, 7) is 6.95. The third kappa shape index (κ3) is 3.90. The van der Waals surface area contributed by atoms with Gasteiger partial charge in [0.05, 0.1) is 6.54 Å². The van der Waals surface area contributed by atoms with E-state index in [1.807, 2.05) is 24.3 Å². The monoisotopic (exact) mass is 277 g/mol. The average molecular weight is 277 g/mol. The molecule has 2 heterocycles. The molecule has 0 spiro atoms. The van der Waals surface area contributed by atoms with Crippen molar-refractivity contribution in [3.63, 3.8) is 0 Å². The van der Waals surface area contributed by atoms with Crippen LogP contribution in [0, 0.1) is 0 Å². The maximum atomic E-state index is 11.9. The van der Waals surface area contributed by atoms with Crippen LogP contribution in [-0.4, -0.2) is 53.5 Å². The van der Waals surface area contributed by atoms with E-state index in [0.717, 1.165) is 31.6 Å². The van der Waals surface area contributed by atoms with Crippen molar-refractivity contribution in [2.24, 2.45) is 0 Å². The molecule has 20 heavy (non-hydrogen) atoms. The molecule has 0 aliphatic carbocycles. The number of hydrogen-bond donors (Lipinski definition) is 1. The fraction of sp³-hybridized carbons (Fsp3) is 0.643. The Kier molecular flexibility index (Phi) is 4.89. The molecule has 0 radical (unpaired) electrons. The molecular weight excluding hydrogens is 254 g/mol. The molecule has 1 fully saturated rings. The first kappa shape index (κ1) is 14.7. The van der Waals surface area contributed by atoms with Crippen LogP contribution in [0.15, 0.2) is 12.4 Å². The van der Waals surface area contributed by atoms with E-state index < -0.39 is 0 Å². The molecule has 1 N–H and O–H groups in total. The van der Waals surface area contributed by atoms with E-state index in [4.69, 9.17) is 0 Å². The van der Waals surface area contributed by atoms with Crippen LogP contribution in [0.5, 0.6) is 0 Å². The van der Waals surface area contributed by atoms with Crippen LogP contribution in [0.4, 0.5) is 5.95 Å². The minimum atomic E-state index is 0.122. The van der Waals surface area contributed by atoms with Crippen LogP contribution in [0.3, 0.4) is 0 Å². The summed E-state index contributed by atoms with van der Waals surface area (Å²) in [5.74, 6) is 0.763. The lowest BCUT2D eigenvalue weighted by Gasteiger charge is -2.19. The summed E-state index contributed by atoms with van der Waals surface area (Å²) >= 11 is 0. The normalized spacial score (nSPS) is 16.7. The van der Waals surface area contributed by atoms with E-state index in [1.54, 1.807) is 4.90 Å². The van der Waals surface area contributed by atoms with E-state index in [0.29, 0.717) is 18.5 Å². The van der Waals surface area contributed by atoms with Gasteiger partial charge in [-0.25, -0.2) is 9.97 Å². The molecular formula is C14H23N5O. The maximum Gasteiger partial charge on any atom is 0.241 e. The molecule has 1 aromatic heterocycles. The summed E-state index contributed by atoms with van der Waals surface area (Å²) in [7, 11) is 1.84. The molecule has 0 unspecified atom stereocenters. The molecule has 2 rings (SSSR count). The number of aromatic nitrogens is 2. The largest absolute Gasteiger partial charge is 0.344 e. The van der Waals surface area contributed by atoms with Crippen LogP contribution in [-0.2, 0) is 11.3 Å². The van der Waals surface area contributed by atoms with Crippen LogP contribution in [0.25, 0.3) is 0 Å². The highest BCUT2D eigenvalue weighted by molar-refractivity contribution is 5.81. The van der Waals surface area contributed by atoms with Crippen LogP contribution < -0.4 is 10.2 Å². The summed E-state index contributed by atoms with van der Waals surface area (Å²) in [4.78, 5) is 24.3. The van der Waals surface area contributed by atoms with Crippen LogP contribution in [0.2, 0.25) is 0 Å². The first-order valence-corrected chi connectivity index (χ1v) is 7.09. The number of nitrogens with zero attached hydrogens (tertiary/aromatic N) is 4. The van der Waals surface area contributed by atoms with Gasteiger partial charge in [0.2, 0.25) is 11.9 Å². The Morgan fingerprint density at radius 2 is 2.00 bits per heavy atom. The molecule has 1 amide bonds. The van der Waals surface area contributed by atoms with E-state index in [-0.39, 0.29) is 5.91 Å². The number of amides is 1. The molecule has 0 bridgehead atoms. The third-order valence-electron chi connectivity index (χ3n) is 3.36. The van der Waals surface area contributed by atoms with Gasteiger partial charge in [0.1, 0.15) is 0 Å². The van der Waals surface area contributed by atoms with Gasteiger partial charge in [-0.2, -0.15) is 0 Å². The molecule has 110 valence electrons. The Labute approximate surface area is 120 Å². The van der Waals surface area contributed by atoms with Crippen molar-refractivity contribution in [1.29, 1.82) is 0 Å². The van der Waals surface area contributed by atoms with Gasteiger partial charge in [-0.15, -0.1) is 0 Å². The zero-order chi connectivity index (χ0) is 14.5. The first-order chi connectivity index (χ1) is 9.56. The molecule has 0 atom stereocenters. The number of carbonyl (C=O) groups is 1. The highest BCUT2D eigenvalue weighted by Gasteiger charge is 2.20. The van der Waals surface area contributed by atoms with Gasteiger partial charge in [-0.05, 0) is 6.42 Å². The Balaban J connectivity index is 2.00. The second-order valence-electron chi connectivity index (χ2n) is 5.52. The molecule has 0 aromatic carbocycles. The molecule has 1 saturated heterocycles. The van der Waals surface area contributed by atoms with Crippen molar-refractivity contribution >= 4 is 11.9 Å². The van der Waals surface area contributed by atoms with Gasteiger partial charge in [-0.3, -0.25) is 4.79 Å². The summed E-state index contributed by atoms with van der Waals surface area (Å²) in [6, 6.07) is 0.438. The van der Waals surface area contributed by atoms with Gasteiger partial charge in [0.25, 0.3) is 0 Å². The molecule has 1 aliphatic heterocycles. The first-order valence-electron chi connectivity index (χ1n) is 7.09. The lowest BCUT2D eigenvalue weighted by Crippen LogP contribution is -2.35. The van der Waals surface area contributed by atoms with Crippen molar-refractivity contribution < 1.29 is 4.79 Å². The van der Waals surface area contributed by atoms with Crippen LogP contribution >= 0.6 is 0 Å². The average Bonchev–Trinajstić information content (AvgIpc) is 2.59. The highest BCUT2D eigenvalue weighted by atomic mass is 16.2. The van der Waals surface area contributed by atoms with Crippen LogP contribution in [0.1, 0.15) is 25.8 Å².